The van der Waals surface area contributed by atoms with E-state index in [9.17, 15) is 4.79 Å². The Morgan fingerprint density at radius 2 is 1.61 bits per heavy atom. The number of benzene rings is 2. The molecule has 0 atom stereocenters. The van der Waals surface area contributed by atoms with Gasteiger partial charge in [-0.25, -0.2) is 0 Å². The molecule has 3 nitrogen and oxygen atoms in total. The van der Waals surface area contributed by atoms with Crippen LogP contribution in [-0.2, 0) is 6.54 Å². The van der Waals surface area contributed by atoms with Gasteiger partial charge in [0.25, 0.3) is 5.91 Å². The highest BCUT2D eigenvalue weighted by molar-refractivity contribution is 5.93. The molecule has 120 valence electrons. The summed E-state index contributed by atoms with van der Waals surface area (Å²) in [7, 11) is 1.86. The number of hydrogen-bond donors (Lipinski definition) is 0. The molecule has 0 spiro atoms. The first-order valence-electron chi connectivity index (χ1n) is 8.38. The molecular weight excluding hydrogens is 284 g/mol. The molecule has 0 N–H and O–H groups in total. The van der Waals surface area contributed by atoms with E-state index < -0.39 is 0 Å². The lowest BCUT2D eigenvalue weighted by Gasteiger charge is -2.29. The van der Waals surface area contributed by atoms with Crippen LogP contribution in [0.2, 0.25) is 0 Å². The number of anilines is 1. The summed E-state index contributed by atoms with van der Waals surface area (Å²) in [5.74, 6) is 0.0608. The van der Waals surface area contributed by atoms with E-state index in [0.29, 0.717) is 6.54 Å². The van der Waals surface area contributed by atoms with Crippen LogP contribution >= 0.6 is 0 Å². The Morgan fingerprint density at radius 1 is 0.957 bits per heavy atom. The molecule has 1 aliphatic rings. The Morgan fingerprint density at radius 3 is 2.26 bits per heavy atom. The van der Waals surface area contributed by atoms with Gasteiger partial charge >= 0.3 is 0 Å². The third kappa shape index (κ3) is 3.92. The van der Waals surface area contributed by atoms with Crippen molar-refractivity contribution >= 4 is 11.6 Å². The minimum absolute atomic E-state index is 0.0608. The van der Waals surface area contributed by atoms with Crippen LogP contribution in [0.1, 0.15) is 35.2 Å². The first kappa shape index (κ1) is 15.6. The summed E-state index contributed by atoms with van der Waals surface area (Å²) in [6, 6.07) is 18.1. The highest BCUT2D eigenvalue weighted by Crippen LogP contribution is 2.20. The first-order chi connectivity index (χ1) is 11.2. The van der Waals surface area contributed by atoms with E-state index in [4.69, 9.17) is 0 Å². The smallest absolute Gasteiger partial charge is 0.253 e. The van der Waals surface area contributed by atoms with Crippen molar-refractivity contribution < 1.29 is 4.79 Å². The summed E-state index contributed by atoms with van der Waals surface area (Å²) in [4.78, 5) is 16.6. The monoisotopic (exact) mass is 308 g/mol. The maximum absolute atomic E-state index is 12.4. The fourth-order valence-electron chi connectivity index (χ4n) is 3.11. The number of hydrogen-bond acceptors (Lipinski definition) is 2. The standard InChI is InChI=1S/C20H24N2O/c1-21(20(23)18-8-4-2-5-9-18)16-17-10-12-19(13-11-17)22-14-6-3-7-15-22/h2,4-5,8-13H,3,6-7,14-16H2,1H3. The predicted octanol–water partition coefficient (Wildman–Crippen LogP) is 3.95. The van der Waals surface area contributed by atoms with Gasteiger partial charge in [-0.15, -0.1) is 0 Å². The van der Waals surface area contributed by atoms with Gasteiger partial charge in [0, 0.05) is 37.9 Å². The van der Waals surface area contributed by atoms with E-state index in [0.717, 1.165) is 24.2 Å². The van der Waals surface area contributed by atoms with E-state index in [2.05, 4.69) is 29.2 Å². The summed E-state index contributed by atoms with van der Waals surface area (Å²) in [5, 5.41) is 0. The van der Waals surface area contributed by atoms with Crippen LogP contribution in [0.25, 0.3) is 0 Å². The van der Waals surface area contributed by atoms with Crippen LogP contribution in [0, 0.1) is 0 Å². The molecule has 0 saturated carbocycles. The van der Waals surface area contributed by atoms with E-state index >= 15 is 0 Å². The van der Waals surface area contributed by atoms with Gasteiger partial charge in [0.15, 0.2) is 0 Å². The predicted molar refractivity (Wildman–Crippen MR) is 94.7 cm³/mol. The zero-order valence-corrected chi connectivity index (χ0v) is 13.7. The summed E-state index contributed by atoms with van der Waals surface area (Å²) < 4.78 is 0. The third-order valence-corrected chi connectivity index (χ3v) is 4.44. The highest BCUT2D eigenvalue weighted by Gasteiger charge is 2.13. The Labute approximate surface area is 138 Å². The molecular formula is C20H24N2O. The molecule has 3 rings (SSSR count). The number of amides is 1. The summed E-state index contributed by atoms with van der Waals surface area (Å²) >= 11 is 0. The minimum Gasteiger partial charge on any atom is -0.372 e. The normalized spacial score (nSPS) is 14.6. The molecule has 0 radical (unpaired) electrons. The first-order valence-corrected chi connectivity index (χ1v) is 8.38. The molecule has 0 aromatic heterocycles. The Kier molecular flexibility index (Phi) is 4.96. The molecule has 2 aromatic rings. The number of carbonyl (C=O) groups excluding carboxylic acids is 1. The van der Waals surface area contributed by atoms with Crippen LogP contribution in [0.4, 0.5) is 5.69 Å². The van der Waals surface area contributed by atoms with Crippen LogP contribution in [0.3, 0.4) is 0 Å². The summed E-state index contributed by atoms with van der Waals surface area (Å²) in [5.41, 5.74) is 3.20. The van der Waals surface area contributed by atoms with Crippen LogP contribution in [0.5, 0.6) is 0 Å². The van der Waals surface area contributed by atoms with Crippen molar-refractivity contribution in [1.29, 1.82) is 0 Å². The number of rotatable bonds is 4. The lowest BCUT2D eigenvalue weighted by molar-refractivity contribution is 0.0785. The molecule has 1 fully saturated rings. The molecule has 0 bridgehead atoms. The van der Waals surface area contributed by atoms with Gasteiger partial charge in [0.2, 0.25) is 0 Å². The zero-order chi connectivity index (χ0) is 16.1. The molecule has 2 aromatic carbocycles. The van der Waals surface area contributed by atoms with Gasteiger partial charge in [0.1, 0.15) is 0 Å². The molecule has 23 heavy (non-hydrogen) atoms. The van der Waals surface area contributed by atoms with Crippen molar-refractivity contribution in [2.75, 3.05) is 25.0 Å². The van der Waals surface area contributed by atoms with Gasteiger partial charge in [-0.05, 0) is 49.1 Å². The average molecular weight is 308 g/mol. The van der Waals surface area contributed by atoms with E-state index in [1.54, 1.807) is 4.90 Å². The second kappa shape index (κ2) is 7.32. The quantitative estimate of drug-likeness (QED) is 0.854. The fourth-order valence-corrected chi connectivity index (χ4v) is 3.11. The van der Waals surface area contributed by atoms with Gasteiger partial charge in [-0.3, -0.25) is 4.79 Å². The summed E-state index contributed by atoms with van der Waals surface area (Å²) in [6.07, 6.45) is 3.92. The topological polar surface area (TPSA) is 23.6 Å². The maximum Gasteiger partial charge on any atom is 0.253 e. The zero-order valence-electron chi connectivity index (χ0n) is 13.7. The van der Waals surface area contributed by atoms with Gasteiger partial charge in [0.05, 0.1) is 0 Å². The van der Waals surface area contributed by atoms with E-state index in [-0.39, 0.29) is 5.91 Å². The van der Waals surface area contributed by atoms with Gasteiger partial charge in [-0.1, -0.05) is 30.3 Å². The van der Waals surface area contributed by atoms with E-state index in [1.165, 1.54) is 24.9 Å². The Hall–Kier alpha value is -2.29. The lowest BCUT2D eigenvalue weighted by Crippen LogP contribution is -2.29. The number of carbonyl (C=O) groups is 1. The Bertz CT molecular complexity index is 630. The maximum atomic E-state index is 12.4. The summed E-state index contributed by atoms with van der Waals surface area (Å²) in [6.45, 7) is 2.95. The molecule has 1 amide bonds. The second-order valence-corrected chi connectivity index (χ2v) is 6.24. The van der Waals surface area contributed by atoms with Crippen molar-refractivity contribution in [1.82, 2.24) is 4.90 Å². The minimum atomic E-state index is 0.0608. The molecule has 1 saturated heterocycles. The number of nitrogens with zero attached hydrogens (tertiary/aromatic N) is 2. The molecule has 3 heteroatoms. The van der Waals surface area contributed by atoms with Crippen LogP contribution in [-0.4, -0.2) is 30.9 Å². The lowest BCUT2D eigenvalue weighted by atomic mass is 10.1. The number of piperidine rings is 1. The largest absolute Gasteiger partial charge is 0.372 e. The molecule has 1 aliphatic heterocycles. The van der Waals surface area contributed by atoms with Crippen molar-refractivity contribution in [2.24, 2.45) is 0 Å². The van der Waals surface area contributed by atoms with Crippen molar-refractivity contribution in [3.63, 3.8) is 0 Å². The van der Waals surface area contributed by atoms with Crippen molar-refractivity contribution in [3.8, 4) is 0 Å². The second-order valence-electron chi connectivity index (χ2n) is 6.24. The van der Waals surface area contributed by atoms with Gasteiger partial charge in [-0.2, -0.15) is 0 Å². The highest BCUT2D eigenvalue weighted by atomic mass is 16.2. The van der Waals surface area contributed by atoms with Crippen molar-refractivity contribution in [3.05, 3.63) is 65.7 Å². The van der Waals surface area contributed by atoms with Crippen LogP contribution < -0.4 is 4.90 Å². The van der Waals surface area contributed by atoms with Gasteiger partial charge < -0.3 is 9.80 Å². The molecule has 0 unspecified atom stereocenters. The molecule has 1 heterocycles. The van der Waals surface area contributed by atoms with Crippen molar-refractivity contribution in [2.45, 2.75) is 25.8 Å². The third-order valence-electron chi connectivity index (χ3n) is 4.44. The van der Waals surface area contributed by atoms with E-state index in [1.807, 2.05) is 37.4 Å². The van der Waals surface area contributed by atoms with Crippen LogP contribution in [0.15, 0.2) is 54.6 Å². The SMILES string of the molecule is CN(Cc1ccc(N2CCCCC2)cc1)C(=O)c1ccccc1. The molecule has 0 aliphatic carbocycles. The fraction of sp³-hybridized carbons (Fsp3) is 0.350. The average Bonchev–Trinajstić information content (AvgIpc) is 2.63. The Balaban J connectivity index is 1.62.